The molecule has 2 N–H and O–H groups in total. The Bertz CT molecular complexity index is 1410. The first kappa shape index (κ1) is 21.7. The SMILES string of the molecule is CS(=O)(=O)c1nc(-c2ccccc2)c(C(=O)c2[nH]c(S(C)(=O)=O)nc2-c2ccccc2)[nH]1. The normalized spacial score (nSPS) is 12.1. The molecular formula is C21H18N4O5S2. The lowest BCUT2D eigenvalue weighted by Gasteiger charge is -2.04. The highest BCUT2D eigenvalue weighted by Crippen LogP contribution is 2.29. The number of nitrogens with zero attached hydrogens (tertiary/aromatic N) is 2. The van der Waals surface area contributed by atoms with Gasteiger partial charge in [-0.15, -0.1) is 0 Å². The number of nitrogens with one attached hydrogen (secondary N) is 2. The zero-order chi connectivity index (χ0) is 23.1. The second-order valence-corrected chi connectivity index (χ2v) is 11.0. The summed E-state index contributed by atoms with van der Waals surface area (Å²) in [4.78, 5) is 27.1. The van der Waals surface area contributed by atoms with Gasteiger partial charge in [-0.05, 0) is 0 Å². The quantitative estimate of drug-likeness (QED) is 0.412. The number of H-pyrrole nitrogens is 2. The number of rotatable bonds is 6. The summed E-state index contributed by atoms with van der Waals surface area (Å²) < 4.78 is 48.4. The van der Waals surface area contributed by atoms with Gasteiger partial charge in [-0.3, -0.25) is 4.79 Å². The second kappa shape index (κ2) is 7.84. The lowest BCUT2D eigenvalue weighted by molar-refractivity contribution is 0.103. The lowest BCUT2D eigenvalue weighted by atomic mass is 10.0. The number of hydrogen-bond acceptors (Lipinski definition) is 7. The van der Waals surface area contributed by atoms with Crippen LogP contribution >= 0.6 is 0 Å². The average Bonchev–Trinajstić information content (AvgIpc) is 3.40. The minimum absolute atomic E-state index is 0.0995. The minimum Gasteiger partial charge on any atom is -0.325 e. The molecule has 2 heterocycles. The summed E-state index contributed by atoms with van der Waals surface area (Å²) in [6, 6.07) is 17.2. The molecule has 4 rings (SSSR count). The number of carbonyl (C=O) groups is 1. The number of benzene rings is 2. The molecule has 0 radical (unpaired) electrons. The number of sulfone groups is 2. The average molecular weight is 471 g/mol. The van der Waals surface area contributed by atoms with Gasteiger partial charge in [0, 0.05) is 23.6 Å². The summed E-state index contributed by atoms with van der Waals surface area (Å²) in [6.07, 6.45) is 1.95. The van der Waals surface area contributed by atoms with E-state index in [1.165, 1.54) is 0 Å². The molecule has 0 saturated carbocycles. The van der Waals surface area contributed by atoms with Crippen LogP contribution in [0.15, 0.2) is 71.0 Å². The molecule has 0 bridgehead atoms. The van der Waals surface area contributed by atoms with Crippen LogP contribution in [0.3, 0.4) is 0 Å². The van der Waals surface area contributed by atoms with E-state index >= 15 is 0 Å². The molecule has 32 heavy (non-hydrogen) atoms. The molecule has 0 amide bonds. The topological polar surface area (TPSA) is 143 Å². The summed E-state index contributed by atoms with van der Waals surface area (Å²) >= 11 is 0. The predicted molar refractivity (Wildman–Crippen MR) is 118 cm³/mol. The van der Waals surface area contributed by atoms with Gasteiger partial charge in [-0.2, -0.15) is 0 Å². The molecular weight excluding hydrogens is 452 g/mol. The molecule has 0 spiro atoms. The number of aromatic amines is 2. The van der Waals surface area contributed by atoms with Crippen LogP contribution in [-0.2, 0) is 19.7 Å². The van der Waals surface area contributed by atoms with Gasteiger partial charge < -0.3 is 9.97 Å². The zero-order valence-electron chi connectivity index (χ0n) is 17.0. The van der Waals surface area contributed by atoms with Crippen molar-refractivity contribution in [3.8, 4) is 22.5 Å². The monoisotopic (exact) mass is 470 g/mol. The maximum absolute atomic E-state index is 13.6. The van der Waals surface area contributed by atoms with Crippen molar-refractivity contribution in [2.75, 3.05) is 12.5 Å². The standard InChI is InChI=1S/C21H18N4O5S2/c1-31(27,28)20-22-15(13-9-5-3-6-10-13)17(24-20)19(26)18-16(14-11-7-4-8-12-14)23-21(25-18)32(2,29)30/h3-12H,1-2H3,(H,22,24)(H,23,25). The van der Waals surface area contributed by atoms with Crippen molar-refractivity contribution < 1.29 is 21.6 Å². The number of carbonyl (C=O) groups excluding carboxylic acids is 1. The Morgan fingerprint density at radius 2 is 1.00 bits per heavy atom. The summed E-state index contributed by atoms with van der Waals surface area (Å²) in [5.41, 5.74) is 1.10. The van der Waals surface area contributed by atoms with E-state index in [0.29, 0.717) is 11.1 Å². The van der Waals surface area contributed by atoms with Crippen LogP contribution in [0.25, 0.3) is 22.5 Å². The van der Waals surface area contributed by atoms with Gasteiger partial charge in [0.05, 0.1) is 0 Å². The molecule has 0 aliphatic heterocycles. The molecule has 9 nitrogen and oxygen atoms in total. The maximum Gasteiger partial charge on any atom is 0.229 e. The first-order valence-electron chi connectivity index (χ1n) is 9.31. The summed E-state index contributed by atoms with van der Waals surface area (Å²) in [5, 5.41) is -0.743. The fraction of sp³-hybridized carbons (Fsp3) is 0.0952. The van der Waals surface area contributed by atoms with Crippen LogP contribution in [0.2, 0.25) is 0 Å². The first-order chi connectivity index (χ1) is 15.1. The summed E-state index contributed by atoms with van der Waals surface area (Å²) in [5.74, 6) is -0.674. The van der Waals surface area contributed by atoms with Crippen LogP contribution in [-0.4, -0.2) is 55.1 Å². The van der Waals surface area contributed by atoms with Crippen molar-refractivity contribution in [1.29, 1.82) is 0 Å². The first-order valence-corrected chi connectivity index (χ1v) is 13.1. The third-order valence-electron chi connectivity index (χ3n) is 4.62. The van der Waals surface area contributed by atoms with Crippen molar-refractivity contribution in [3.05, 3.63) is 72.1 Å². The molecule has 164 valence electrons. The molecule has 2 aromatic carbocycles. The Hall–Kier alpha value is -3.57. The highest BCUT2D eigenvalue weighted by Gasteiger charge is 2.29. The minimum atomic E-state index is -3.75. The van der Waals surface area contributed by atoms with Crippen molar-refractivity contribution in [2.24, 2.45) is 0 Å². The zero-order valence-corrected chi connectivity index (χ0v) is 18.7. The Morgan fingerprint density at radius 1 is 0.656 bits per heavy atom. The van der Waals surface area contributed by atoms with E-state index in [1.807, 2.05) is 0 Å². The van der Waals surface area contributed by atoms with E-state index in [-0.39, 0.29) is 33.1 Å². The molecule has 4 aromatic rings. The van der Waals surface area contributed by atoms with Gasteiger partial charge in [0.1, 0.15) is 22.8 Å². The Morgan fingerprint density at radius 3 is 1.31 bits per heavy atom. The molecule has 0 atom stereocenters. The number of ketones is 1. The van der Waals surface area contributed by atoms with E-state index < -0.39 is 25.5 Å². The number of hydrogen-bond donors (Lipinski definition) is 2. The molecule has 0 unspecified atom stereocenters. The number of imidazole rings is 2. The number of aromatic nitrogens is 4. The predicted octanol–water partition coefficient (Wildman–Crippen LogP) is 2.50. The summed E-state index contributed by atoms with van der Waals surface area (Å²) in [6.45, 7) is 0. The Labute approximate surface area is 184 Å². The van der Waals surface area contributed by atoms with Gasteiger partial charge >= 0.3 is 0 Å². The highest BCUT2D eigenvalue weighted by molar-refractivity contribution is 7.90. The Balaban J connectivity index is 1.96. The van der Waals surface area contributed by atoms with E-state index in [9.17, 15) is 21.6 Å². The van der Waals surface area contributed by atoms with Crippen LogP contribution in [0.4, 0.5) is 0 Å². The van der Waals surface area contributed by atoms with E-state index in [0.717, 1.165) is 12.5 Å². The molecule has 2 aromatic heterocycles. The van der Waals surface area contributed by atoms with Crippen LogP contribution in [0.1, 0.15) is 16.2 Å². The van der Waals surface area contributed by atoms with Gasteiger partial charge in [-0.1, -0.05) is 60.7 Å². The molecule has 0 saturated heterocycles. The lowest BCUT2D eigenvalue weighted by Crippen LogP contribution is -2.07. The van der Waals surface area contributed by atoms with Crippen LogP contribution < -0.4 is 0 Å². The maximum atomic E-state index is 13.6. The largest absolute Gasteiger partial charge is 0.325 e. The van der Waals surface area contributed by atoms with Gasteiger partial charge in [0.2, 0.25) is 35.8 Å². The van der Waals surface area contributed by atoms with Gasteiger partial charge in [0.15, 0.2) is 0 Å². The molecule has 0 aliphatic carbocycles. The van der Waals surface area contributed by atoms with Gasteiger partial charge in [0.25, 0.3) is 0 Å². The van der Waals surface area contributed by atoms with Crippen molar-refractivity contribution in [2.45, 2.75) is 10.3 Å². The Kier molecular flexibility index (Phi) is 5.31. The van der Waals surface area contributed by atoms with E-state index in [2.05, 4.69) is 19.9 Å². The van der Waals surface area contributed by atoms with E-state index in [1.54, 1.807) is 60.7 Å². The fourth-order valence-electron chi connectivity index (χ4n) is 3.12. The van der Waals surface area contributed by atoms with Crippen LogP contribution in [0.5, 0.6) is 0 Å². The molecule has 11 heteroatoms. The molecule has 0 fully saturated rings. The van der Waals surface area contributed by atoms with E-state index in [4.69, 9.17) is 0 Å². The van der Waals surface area contributed by atoms with Crippen molar-refractivity contribution in [3.63, 3.8) is 0 Å². The van der Waals surface area contributed by atoms with Crippen LogP contribution in [0, 0.1) is 0 Å². The smallest absolute Gasteiger partial charge is 0.229 e. The molecule has 0 aliphatic rings. The van der Waals surface area contributed by atoms with Crippen molar-refractivity contribution >= 4 is 25.5 Å². The third-order valence-corrected chi connectivity index (χ3v) is 6.41. The van der Waals surface area contributed by atoms with Gasteiger partial charge in [-0.25, -0.2) is 26.8 Å². The fourth-order valence-corrected chi connectivity index (χ4v) is 4.21. The highest BCUT2D eigenvalue weighted by atomic mass is 32.2. The van der Waals surface area contributed by atoms with Crippen molar-refractivity contribution in [1.82, 2.24) is 19.9 Å². The summed E-state index contributed by atoms with van der Waals surface area (Å²) in [7, 11) is -7.50. The second-order valence-electron chi connectivity index (χ2n) is 7.14. The third kappa shape index (κ3) is 4.12.